The number of nitrogens with zero attached hydrogens (tertiary/aromatic N) is 2. The van der Waals surface area contributed by atoms with Gasteiger partial charge in [-0.25, -0.2) is 4.39 Å². The third-order valence-electron chi connectivity index (χ3n) is 5.21. The maximum absolute atomic E-state index is 13.5. The molecule has 0 aliphatic heterocycles. The average Bonchev–Trinajstić information content (AvgIpc) is 3.31. The van der Waals surface area contributed by atoms with Crippen LogP contribution in [0.5, 0.6) is 11.5 Å². The lowest BCUT2D eigenvalue weighted by molar-refractivity contribution is -0.139. The van der Waals surface area contributed by atoms with Crippen molar-refractivity contribution in [3.63, 3.8) is 0 Å². The number of hydrogen-bond acceptors (Lipinski definition) is 7. The van der Waals surface area contributed by atoms with Crippen LogP contribution in [0.3, 0.4) is 0 Å². The third kappa shape index (κ3) is 4.63. The molecule has 2 aromatic heterocycles. The van der Waals surface area contributed by atoms with Gasteiger partial charge in [-0.05, 0) is 54.6 Å². The van der Waals surface area contributed by atoms with Gasteiger partial charge in [0.05, 0.1) is 10.9 Å². The van der Waals surface area contributed by atoms with Gasteiger partial charge in [-0.15, -0.1) is 0 Å². The van der Waals surface area contributed by atoms with Crippen molar-refractivity contribution in [2.24, 2.45) is 0 Å². The molecule has 0 radical (unpaired) electrons. The van der Waals surface area contributed by atoms with Gasteiger partial charge >= 0.3 is 6.18 Å². The van der Waals surface area contributed by atoms with Gasteiger partial charge in [0.1, 0.15) is 28.7 Å². The van der Waals surface area contributed by atoms with E-state index in [0.717, 1.165) is 6.07 Å². The average molecular weight is 498 g/mol. The van der Waals surface area contributed by atoms with Crippen molar-refractivity contribution >= 4 is 11.0 Å². The Morgan fingerprint density at radius 3 is 2.44 bits per heavy atom. The van der Waals surface area contributed by atoms with E-state index in [2.05, 4.69) is 10.1 Å². The van der Waals surface area contributed by atoms with Crippen LogP contribution >= 0.6 is 0 Å². The molecule has 0 atom stereocenters. The molecule has 0 saturated heterocycles. The number of ether oxygens (including phenoxy) is 1. The smallest absolute Gasteiger partial charge is 0.419 e. The number of fused-ring (bicyclic) bond motifs is 1. The van der Waals surface area contributed by atoms with Crippen LogP contribution in [0.4, 0.5) is 17.6 Å². The van der Waals surface area contributed by atoms with Crippen molar-refractivity contribution in [2.75, 3.05) is 0 Å². The zero-order chi connectivity index (χ0) is 25.4. The summed E-state index contributed by atoms with van der Waals surface area (Å²) in [5.74, 6) is -0.941. The predicted octanol–water partition coefficient (Wildman–Crippen LogP) is 5.95. The molecule has 0 spiro atoms. The van der Waals surface area contributed by atoms with Crippen LogP contribution in [0.2, 0.25) is 0 Å². The second-order valence-electron chi connectivity index (χ2n) is 7.68. The fourth-order valence-corrected chi connectivity index (χ4v) is 3.45. The minimum Gasteiger partial charge on any atom is -0.508 e. The molecule has 0 amide bonds. The molecule has 5 aromatic rings. The molecule has 11 heteroatoms. The molecule has 0 aliphatic rings. The first kappa shape index (κ1) is 23.1. The molecule has 5 rings (SSSR count). The highest BCUT2D eigenvalue weighted by molar-refractivity contribution is 5.80. The van der Waals surface area contributed by atoms with Crippen molar-refractivity contribution < 1.29 is 36.3 Å². The van der Waals surface area contributed by atoms with E-state index in [1.54, 1.807) is 12.1 Å². The Labute approximate surface area is 199 Å². The minimum absolute atomic E-state index is 0.0299. The topological polar surface area (TPSA) is 98.6 Å². The highest BCUT2D eigenvalue weighted by Crippen LogP contribution is 2.34. The van der Waals surface area contributed by atoms with Gasteiger partial charge in [0, 0.05) is 23.3 Å². The van der Waals surface area contributed by atoms with Crippen LogP contribution < -0.4 is 10.2 Å². The Morgan fingerprint density at radius 2 is 1.69 bits per heavy atom. The number of phenolic OH excluding ortho intramolecular Hbond substituents is 1. The van der Waals surface area contributed by atoms with Gasteiger partial charge in [0.25, 0.3) is 5.89 Å². The first-order valence-corrected chi connectivity index (χ1v) is 10.4. The van der Waals surface area contributed by atoms with Crippen LogP contribution in [-0.4, -0.2) is 15.2 Å². The predicted molar refractivity (Wildman–Crippen MR) is 119 cm³/mol. The number of aromatic nitrogens is 2. The van der Waals surface area contributed by atoms with E-state index in [-0.39, 0.29) is 40.6 Å². The molecule has 0 fully saturated rings. The van der Waals surface area contributed by atoms with Crippen LogP contribution in [0.1, 0.15) is 11.4 Å². The van der Waals surface area contributed by atoms with E-state index in [1.165, 1.54) is 36.4 Å². The summed E-state index contributed by atoms with van der Waals surface area (Å²) in [6, 6.07) is 14.4. The molecule has 182 valence electrons. The van der Waals surface area contributed by atoms with E-state index >= 15 is 0 Å². The Bertz CT molecular complexity index is 1620. The minimum atomic E-state index is -4.88. The molecule has 2 heterocycles. The Morgan fingerprint density at radius 1 is 0.944 bits per heavy atom. The molecule has 7 nitrogen and oxygen atoms in total. The fraction of sp³-hybridized carbons (Fsp3) is 0.0800. The SMILES string of the molecule is O=c1cc(-c2ccc(O)cc2)oc2cc(OCc3noc(-c4ccc(F)c(C(F)(F)F)c4)n3)ccc12. The van der Waals surface area contributed by atoms with Gasteiger partial charge in [0.2, 0.25) is 5.82 Å². The first-order chi connectivity index (χ1) is 17.2. The number of aromatic hydroxyl groups is 1. The number of alkyl halides is 3. The monoisotopic (exact) mass is 498 g/mol. The Balaban J connectivity index is 1.36. The van der Waals surface area contributed by atoms with E-state index in [9.17, 15) is 27.5 Å². The van der Waals surface area contributed by atoms with E-state index < -0.39 is 17.6 Å². The molecular weight excluding hydrogens is 484 g/mol. The zero-order valence-corrected chi connectivity index (χ0v) is 18.0. The molecule has 0 saturated carbocycles. The van der Waals surface area contributed by atoms with Gasteiger partial charge in [-0.2, -0.15) is 18.2 Å². The Hall–Kier alpha value is -4.67. The van der Waals surface area contributed by atoms with Crippen LogP contribution in [0, 0.1) is 5.82 Å². The quantitative estimate of drug-likeness (QED) is 0.299. The summed E-state index contributed by atoms with van der Waals surface area (Å²) in [6.07, 6.45) is -4.88. The first-order valence-electron chi connectivity index (χ1n) is 10.4. The lowest BCUT2D eigenvalue weighted by atomic mass is 10.1. The number of rotatable bonds is 5. The molecule has 36 heavy (non-hydrogen) atoms. The second-order valence-corrected chi connectivity index (χ2v) is 7.68. The fourth-order valence-electron chi connectivity index (χ4n) is 3.45. The van der Waals surface area contributed by atoms with Crippen LogP contribution in [0.25, 0.3) is 33.7 Å². The number of hydrogen-bond donors (Lipinski definition) is 1. The van der Waals surface area contributed by atoms with Crippen molar-refractivity contribution in [1.29, 1.82) is 0 Å². The maximum Gasteiger partial charge on any atom is 0.419 e. The molecule has 0 bridgehead atoms. The maximum atomic E-state index is 13.5. The van der Waals surface area contributed by atoms with Crippen molar-refractivity contribution in [3.05, 3.63) is 94.2 Å². The van der Waals surface area contributed by atoms with Gasteiger partial charge in [-0.1, -0.05) is 5.16 Å². The standard InChI is InChI=1S/C25H14F4N2O5/c26-19-8-3-14(9-18(19)25(27,28)29)24-30-23(31-36-24)12-34-16-6-7-17-20(33)11-21(35-22(17)10-16)13-1-4-15(32)5-2-13/h1-11,32H,12H2. The lowest BCUT2D eigenvalue weighted by Gasteiger charge is -2.08. The summed E-state index contributed by atoms with van der Waals surface area (Å²) in [5, 5.41) is 13.5. The highest BCUT2D eigenvalue weighted by Gasteiger charge is 2.34. The summed E-state index contributed by atoms with van der Waals surface area (Å²) < 4.78 is 68.9. The largest absolute Gasteiger partial charge is 0.508 e. The van der Waals surface area contributed by atoms with Gasteiger partial charge in [-0.3, -0.25) is 4.79 Å². The lowest BCUT2D eigenvalue weighted by Crippen LogP contribution is -2.08. The molecule has 0 unspecified atom stereocenters. The number of phenols is 1. The van der Waals surface area contributed by atoms with Gasteiger partial charge in [0.15, 0.2) is 12.0 Å². The summed E-state index contributed by atoms with van der Waals surface area (Å²) in [7, 11) is 0. The summed E-state index contributed by atoms with van der Waals surface area (Å²) in [5.41, 5.74) is -0.974. The van der Waals surface area contributed by atoms with Crippen LogP contribution in [-0.2, 0) is 12.8 Å². The Kier molecular flexibility index (Phi) is 5.67. The number of halogens is 4. The van der Waals surface area contributed by atoms with Gasteiger partial charge < -0.3 is 18.8 Å². The molecular formula is C25H14F4N2O5. The van der Waals surface area contributed by atoms with E-state index in [0.29, 0.717) is 34.6 Å². The van der Waals surface area contributed by atoms with Crippen molar-refractivity contribution in [1.82, 2.24) is 10.1 Å². The summed E-state index contributed by atoms with van der Waals surface area (Å²) in [4.78, 5) is 16.5. The molecule has 1 N–H and O–H groups in total. The van der Waals surface area contributed by atoms with Crippen molar-refractivity contribution in [2.45, 2.75) is 12.8 Å². The highest BCUT2D eigenvalue weighted by atomic mass is 19.4. The molecule has 3 aromatic carbocycles. The zero-order valence-electron chi connectivity index (χ0n) is 18.0. The summed E-state index contributed by atoms with van der Waals surface area (Å²) in [6.45, 7) is -0.204. The third-order valence-corrected chi connectivity index (χ3v) is 5.21. The summed E-state index contributed by atoms with van der Waals surface area (Å²) >= 11 is 0. The second kappa shape index (κ2) is 8.84. The van der Waals surface area contributed by atoms with Crippen LogP contribution in [0.15, 0.2) is 80.5 Å². The number of benzene rings is 3. The van der Waals surface area contributed by atoms with E-state index in [1.807, 2.05) is 0 Å². The normalized spacial score (nSPS) is 11.7. The molecule has 0 aliphatic carbocycles. The van der Waals surface area contributed by atoms with Crippen molar-refractivity contribution in [3.8, 4) is 34.3 Å². The van der Waals surface area contributed by atoms with E-state index in [4.69, 9.17) is 13.7 Å².